The van der Waals surface area contributed by atoms with Crippen molar-refractivity contribution in [2.75, 3.05) is 20.1 Å². The number of hydrogen-bond acceptors (Lipinski definition) is 3. The first-order valence-electron chi connectivity index (χ1n) is 8.97. The zero-order valence-electron chi connectivity index (χ0n) is 15.6. The largest absolute Gasteiger partial charge is 0.345 e. The lowest BCUT2D eigenvalue weighted by Gasteiger charge is -2.27. The Morgan fingerprint density at radius 2 is 1.68 bits per heavy atom. The smallest absolute Gasteiger partial charge is 0.223 e. The molecule has 0 saturated heterocycles. The second kappa shape index (κ2) is 9.94. The van der Waals surface area contributed by atoms with Gasteiger partial charge in [-0.25, -0.2) is 0 Å². The molecule has 0 bridgehead atoms. The van der Waals surface area contributed by atoms with Gasteiger partial charge in [0.1, 0.15) is 0 Å². The lowest BCUT2D eigenvalue weighted by Crippen LogP contribution is -2.36. The van der Waals surface area contributed by atoms with Crippen molar-refractivity contribution in [2.45, 2.75) is 39.3 Å². The van der Waals surface area contributed by atoms with Crippen LogP contribution >= 0.6 is 0 Å². The zero-order valence-corrected chi connectivity index (χ0v) is 15.6. The van der Waals surface area contributed by atoms with Gasteiger partial charge in [0.15, 0.2) is 0 Å². The average Bonchev–Trinajstić information content (AvgIpc) is 2.64. The topological polar surface area (TPSA) is 36.4 Å². The number of aromatic nitrogens is 1. The van der Waals surface area contributed by atoms with E-state index < -0.39 is 0 Å². The highest BCUT2D eigenvalue weighted by Crippen LogP contribution is 2.09. The van der Waals surface area contributed by atoms with Crippen LogP contribution in [0.25, 0.3) is 0 Å². The van der Waals surface area contributed by atoms with Crippen molar-refractivity contribution in [1.29, 1.82) is 0 Å². The van der Waals surface area contributed by atoms with E-state index in [1.165, 1.54) is 11.1 Å². The molecule has 0 saturated carbocycles. The fourth-order valence-corrected chi connectivity index (χ4v) is 2.74. The normalized spacial score (nSPS) is 11.1. The molecule has 134 valence electrons. The number of hydrogen-bond donors (Lipinski definition) is 0. The molecule has 1 amide bonds. The van der Waals surface area contributed by atoms with E-state index in [0.717, 1.165) is 26.1 Å². The Bertz CT molecular complexity index is 628. The van der Waals surface area contributed by atoms with Crippen LogP contribution < -0.4 is 0 Å². The number of amides is 1. The first-order chi connectivity index (χ1) is 12.1. The molecule has 1 aromatic heterocycles. The van der Waals surface area contributed by atoms with E-state index in [-0.39, 0.29) is 5.91 Å². The zero-order chi connectivity index (χ0) is 18.1. The first-order valence-corrected chi connectivity index (χ1v) is 8.97. The SMILES string of the molecule is CC(C)N(CCC(=O)N(C)CCc1ccncc1)Cc1ccccc1. The van der Waals surface area contributed by atoms with Gasteiger partial charge in [-0.3, -0.25) is 14.7 Å². The average molecular weight is 339 g/mol. The maximum absolute atomic E-state index is 12.4. The van der Waals surface area contributed by atoms with Crippen molar-refractivity contribution >= 4 is 5.91 Å². The van der Waals surface area contributed by atoms with E-state index in [0.29, 0.717) is 12.5 Å². The second-order valence-corrected chi connectivity index (χ2v) is 6.72. The molecule has 0 atom stereocenters. The second-order valence-electron chi connectivity index (χ2n) is 6.72. The summed E-state index contributed by atoms with van der Waals surface area (Å²) in [5.74, 6) is 0.202. The predicted molar refractivity (Wildman–Crippen MR) is 102 cm³/mol. The number of nitrogens with zero attached hydrogens (tertiary/aromatic N) is 3. The van der Waals surface area contributed by atoms with Gasteiger partial charge in [0.2, 0.25) is 5.91 Å². The fourth-order valence-electron chi connectivity index (χ4n) is 2.74. The van der Waals surface area contributed by atoms with Gasteiger partial charge < -0.3 is 4.90 Å². The monoisotopic (exact) mass is 339 g/mol. The van der Waals surface area contributed by atoms with Gasteiger partial charge in [0, 0.05) is 51.5 Å². The van der Waals surface area contributed by atoms with Gasteiger partial charge in [0.05, 0.1) is 0 Å². The quantitative estimate of drug-likeness (QED) is 0.703. The van der Waals surface area contributed by atoms with E-state index in [4.69, 9.17) is 0 Å². The molecular weight excluding hydrogens is 310 g/mol. The minimum atomic E-state index is 0.202. The van der Waals surface area contributed by atoms with Crippen LogP contribution in [-0.4, -0.2) is 46.9 Å². The molecule has 1 aromatic carbocycles. The lowest BCUT2D eigenvalue weighted by molar-refractivity contribution is -0.130. The fraction of sp³-hybridized carbons (Fsp3) is 0.429. The summed E-state index contributed by atoms with van der Waals surface area (Å²) >= 11 is 0. The predicted octanol–water partition coefficient (Wildman–Crippen LogP) is 3.38. The maximum Gasteiger partial charge on any atom is 0.223 e. The van der Waals surface area contributed by atoms with Crippen LogP contribution in [0.1, 0.15) is 31.4 Å². The third-order valence-corrected chi connectivity index (χ3v) is 4.48. The third kappa shape index (κ3) is 6.67. The molecule has 0 spiro atoms. The van der Waals surface area contributed by atoms with Gasteiger partial charge in [-0.05, 0) is 43.5 Å². The third-order valence-electron chi connectivity index (χ3n) is 4.48. The summed E-state index contributed by atoms with van der Waals surface area (Å²) in [7, 11) is 1.89. The Morgan fingerprint density at radius 3 is 2.32 bits per heavy atom. The summed E-state index contributed by atoms with van der Waals surface area (Å²) in [6.45, 7) is 6.77. The molecule has 1 heterocycles. The van der Waals surface area contributed by atoms with Crippen molar-refractivity contribution < 1.29 is 4.79 Å². The summed E-state index contributed by atoms with van der Waals surface area (Å²) < 4.78 is 0. The van der Waals surface area contributed by atoms with Crippen molar-refractivity contribution in [3.8, 4) is 0 Å². The Morgan fingerprint density at radius 1 is 1.00 bits per heavy atom. The van der Waals surface area contributed by atoms with Crippen LogP contribution in [0.3, 0.4) is 0 Å². The van der Waals surface area contributed by atoms with Crippen LogP contribution in [0.5, 0.6) is 0 Å². The maximum atomic E-state index is 12.4. The standard InChI is InChI=1S/C21H29N3O/c1-18(2)24(17-20-7-5-4-6-8-20)16-12-21(25)23(3)15-11-19-9-13-22-14-10-19/h4-10,13-14,18H,11-12,15-17H2,1-3H3. The number of carbonyl (C=O) groups excluding carboxylic acids is 1. The van der Waals surface area contributed by atoms with Crippen LogP contribution in [0.15, 0.2) is 54.9 Å². The van der Waals surface area contributed by atoms with Crippen molar-refractivity contribution in [2.24, 2.45) is 0 Å². The molecule has 2 rings (SSSR count). The van der Waals surface area contributed by atoms with Crippen LogP contribution in [0.4, 0.5) is 0 Å². The minimum absolute atomic E-state index is 0.202. The van der Waals surface area contributed by atoms with Gasteiger partial charge in [-0.15, -0.1) is 0 Å². The van der Waals surface area contributed by atoms with Crippen molar-refractivity contribution in [3.63, 3.8) is 0 Å². The van der Waals surface area contributed by atoms with E-state index >= 15 is 0 Å². The summed E-state index contributed by atoms with van der Waals surface area (Å²) in [4.78, 5) is 20.6. The molecule has 4 nitrogen and oxygen atoms in total. The number of pyridine rings is 1. The van der Waals surface area contributed by atoms with Gasteiger partial charge in [0.25, 0.3) is 0 Å². The Labute approximate surface area is 151 Å². The number of benzene rings is 1. The van der Waals surface area contributed by atoms with E-state index in [1.54, 1.807) is 12.4 Å². The van der Waals surface area contributed by atoms with Crippen LogP contribution in [-0.2, 0) is 17.8 Å². The molecule has 25 heavy (non-hydrogen) atoms. The van der Waals surface area contributed by atoms with Gasteiger partial charge in [-0.2, -0.15) is 0 Å². The number of carbonyl (C=O) groups is 1. The van der Waals surface area contributed by atoms with Crippen molar-refractivity contribution in [3.05, 3.63) is 66.0 Å². The molecular formula is C21H29N3O. The molecule has 4 heteroatoms. The first kappa shape index (κ1) is 19.1. The Kier molecular flexibility index (Phi) is 7.61. The van der Waals surface area contributed by atoms with E-state index in [9.17, 15) is 4.79 Å². The van der Waals surface area contributed by atoms with E-state index in [1.807, 2.05) is 30.1 Å². The number of rotatable bonds is 9. The lowest BCUT2D eigenvalue weighted by atomic mass is 10.1. The van der Waals surface area contributed by atoms with Gasteiger partial charge in [-0.1, -0.05) is 30.3 Å². The molecule has 0 fully saturated rings. The van der Waals surface area contributed by atoms with Crippen molar-refractivity contribution in [1.82, 2.24) is 14.8 Å². The Hall–Kier alpha value is -2.20. The summed E-state index contributed by atoms with van der Waals surface area (Å²) in [6, 6.07) is 14.8. The highest BCUT2D eigenvalue weighted by atomic mass is 16.2. The molecule has 0 unspecified atom stereocenters. The summed E-state index contributed by atoms with van der Waals surface area (Å²) in [5, 5.41) is 0. The van der Waals surface area contributed by atoms with E-state index in [2.05, 4.69) is 48.0 Å². The van der Waals surface area contributed by atoms with Crippen LogP contribution in [0, 0.1) is 0 Å². The molecule has 0 aliphatic rings. The highest BCUT2D eigenvalue weighted by Gasteiger charge is 2.14. The number of likely N-dealkylation sites (N-methyl/N-ethyl adjacent to an activating group) is 1. The molecule has 0 radical (unpaired) electrons. The molecule has 0 aliphatic heterocycles. The Balaban J connectivity index is 1.79. The summed E-state index contributed by atoms with van der Waals surface area (Å²) in [6.07, 6.45) is 5.00. The highest BCUT2D eigenvalue weighted by molar-refractivity contribution is 5.76. The van der Waals surface area contributed by atoms with Gasteiger partial charge >= 0.3 is 0 Å². The molecule has 0 N–H and O–H groups in total. The molecule has 0 aliphatic carbocycles. The van der Waals surface area contributed by atoms with Crippen LogP contribution in [0.2, 0.25) is 0 Å². The minimum Gasteiger partial charge on any atom is -0.345 e. The molecule has 2 aromatic rings. The summed E-state index contributed by atoms with van der Waals surface area (Å²) in [5.41, 5.74) is 2.50.